The maximum Gasteiger partial charge on any atom is 0.433 e. The van der Waals surface area contributed by atoms with Gasteiger partial charge < -0.3 is 13.2 Å². The van der Waals surface area contributed by atoms with Crippen molar-refractivity contribution < 1.29 is 32.2 Å². The number of carbonyl (C=O) groups excluding carboxylic acids is 1. The first-order valence-electron chi connectivity index (χ1n) is 0.766. The number of hydrogen-bond acceptors (Lipinski definition) is 4. The van der Waals surface area contributed by atoms with Crippen molar-refractivity contribution in [2.24, 2.45) is 0 Å². The normalized spacial score (nSPS) is 6.67. The molecule has 0 saturated heterocycles. The van der Waals surface area contributed by atoms with E-state index in [1.807, 2.05) is 6.79 Å². The minimum atomic E-state index is -3.40. The molecule has 0 aliphatic heterocycles. The van der Waals surface area contributed by atoms with E-state index in [0.29, 0.717) is 0 Å². The zero-order valence-electron chi connectivity index (χ0n) is 2.76. The number of rotatable bonds is 0. The van der Waals surface area contributed by atoms with Gasteiger partial charge in [0, 0.05) is 0 Å². The molecule has 0 unspecified atom stereocenters. The Labute approximate surface area is 39.9 Å². The van der Waals surface area contributed by atoms with Crippen LogP contribution in [0.4, 0.5) is 0 Å². The minimum Gasteiger partial charge on any atom is -0.372 e. The fraction of sp³-hybridized carbons (Fsp3) is 0. The highest BCUT2D eigenvalue weighted by Crippen LogP contribution is 1.38. The first-order valence-corrected chi connectivity index (χ1v) is 2.77. The summed E-state index contributed by atoms with van der Waals surface area (Å²) < 4.78 is 24.3. The molecule has 4 nitrogen and oxygen atoms in total. The van der Waals surface area contributed by atoms with Crippen LogP contribution in [0.5, 0.6) is 0 Å². The van der Waals surface area contributed by atoms with Gasteiger partial charge in [-0.1, -0.05) is 0 Å². The first-order chi connectivity index (χ1) is 2.73. The van der Waals surface area contributed by atoms with Gasteiger partial charge in [0.05, 0.1) is 0 Å². The Morgan fingerprint density at radius 2 is 1.50 bits per heavy atom. The van der Waals surface area contributed by atoms with Gasteiger partial charge in [0.1, 0.15) is 6.79 Å². The van der Waals surface area contributed by atoms with Crippen LogP contribution in [-0.2, 0) is 4.79 Å². The van der Waals surface area contributed by atoms with E-state index in [2.05, 4.69) is 0 Å². The molecule has 0 aromatic carbocycles. The lowest BCUT2D eigenvalue weighted by molar-refractivity contribution is -1.63. The number of hydrogen-bond donors (Lipinski definition) is 1. The average Bonchev–Trinajstić information content (AvgIpc) is 1.41. The molecular weight excluding hydrogens is 156 g/mol. The van der Waals surface area contributed by atoms with E-state index >= 15 is 0 Å². The molecule has 0 aliphatic rings. The molecule has 0 spiro atoms. The summed E-state index contributed by atoms with van der Waals surface area (Å²) in [5.74, 6) is 0. The summed E-state index contributed by atoms with van der Waals surface area (Å²) in [6.45, 7) is 2.00. The van der Waals surface area contributed by atoms with Gasteiger partial charge in [-0.15, -0.1) is 0 Å². The van der Waals surface area contributed by atoms with E-state index in [1.165, 1.54) is 0 Å². The van der Waals surface area contributed by atoms with E-state index in [9.17, 15) is 0 Å². The van der Waals surface area contributed by atoms with Crippen molar-refractivity contribution in [3.63, 3.8) is 0 Å². The smallest absolute Gasteiger partial charge is 0.372 e. The lowest BCUT2D eigenvalue weighted by atomic mass is 11.9. The molecule has 0 saturated carbocycles. The molecule has 0 atom stereocenters. The summed E-state index contributed by atoms with van der Waals surface area (Å²) in [5.41, 5.74) is 0. The standard InChI is InChI=1S/CH2O.BrHO3/c1-2;2-1(3)4/h1H2;2H. The molecule has 0 rings (SSSR count). The average molecular weight is 159 g/mol. The van der Waals surface area contributed by atoms with Crippen molar-refractivity contribution in [3.05, 3.63) is 0 Å². The second kappa shape index (κ2) is 8.90. The molecule has 0 radical (unpaired) electrons. The van der Waals surface area contributed by atoms with Gasteiger partial charge >= 0.3 is 14.8 Å². The van der Waals surface area contributed by atoms with Crippen LogP contribution in [0.1, 0.15) is 0 Å². The summed E-state index contributed by atoms with van der Waals surface area (Å²) in [7, 11) is 0. The van der Waals surface area contributed by atoms with Gasteiger partial charge in [0.15, 0.2) is 0 Å². The lowest BCUT2D eigenvalue weighted by Crippen LogP contribution is -2.30. The monoisotopic (exact) mass is 158 g/mol. The van der Waals surface area contributed by atoms with E-state index in [1.54, 1.807) is 0 Å². The Balaban J connectivity index is 0. The van der Waals surface area contributed by atoms with Crippen LogP contribution in [0, 0.1) is 14.8 Å². The van der Waals surface area contributed by atoms with Crippen molar-refractivity contribution >= 4 is 6.79 Å². The Morgan fingerprint density at radius 1 is 1.50 bits per heavy atom. The second-order valence-corrected chi connectivity index (χ2v) is 1.04. The van der Waals surface area contributed by atoms with Crippen molar-refractivity contribution in [1.29, 1.82) is 0 Å². The van der Waals surface area contributed by atoms with Crippen LogP contribution in [0.3, 0.4) is 0 Å². The maximum absolute atomic E-state index is 8.63. The molecule has 0 aromatic rings. The van der Waals surface area contributed by atoms with Crippen LogP contribution in [0.2, 0.25) is 0 Å². The Morgan fingerprint density at radius 3 is 1.50 bits per heavy atom. The maximum atomic E-state index is 8.63. The highest BCUT2D eigenvalue weighted by molar-refractivity contribution is 5.10. The third-order valence-electron chi connectivity index (χ3n) is 0. The molecule has 38 valence electrons. The van der Waals surface area contributed by atoms with Gasteiger partial charge in [0.2, 0.25) is 0 Å². The van der Waals surface area contributed by atoms with Crippen LogP contribution < -0.4 is 8.40 Å². The van der Waals surface area contributed by atoms with Crippen LogP contribution in [0.15, 0.2) is 0 Å². The second-order valence-electron chi connectivity index (χ2n) is 0.201. The molecule has 0 aliphatic carbocycles. The van der Waals surface area contributed by atoms with Crippen LogP contribution >= 0.6 is 0 Å². The van der Waals surface area contributed by atoms with Gasteiger partial charge in [0.25, 0.3) is 0 Å². The van der Waals surface area contributed by atoms with Gasteiger partial charge in [-0.25, -0.2) is 0 Å². The zero-order chi connectivity index (χ0) is 5.58. The molecule has 0 fully saturated rings. The summed E-state index contributed by atoms with van der Waals surface area (Å²) in [5, 5.41) is 0. The van der Waals surface area contributed by atoms with Crippen molar-refractivity contribution in [2.75, 3.05) is 0 Å². The number of carbonyl (C=O) groups is 1. The molecule has 0 heterocycles. The number of halogens is 1. The Kier molecular flexibility index (Phi) is 13.9. The molecule has 1 N–H and O–H groups in total. The minimum absolute atomic E-state index is 2.00. The summed E-state index contributed by atoms with van der Waals surface area (Å²) in [6.07, 6.45) is 0. The SMILES string of the molecule is C=O.[O-][Br+2]([O-])O. The summed E-state index contributed by atoms with van der Waals surface area (Å²) in [4.78, 5) is 8.00. The third kappa shape index (κ3) is 41100. The van der Waals surface area contributed by atoms with Crippen molar-refractivity contribution in [1.82, 2.24) is 0 Å². The fourth-order valence-corrected chi connectivity index (χ4v) is 0. The zero-order valence-corrected chi connectivity index (χ0v) is 4.34. The predicted molar refractivity (Wildman–Crippen MR) is 9.34 cm³/mol. The van der Waals surface area contributed by atoms with Crippen LogP contribution in [-0.4, -0.2) is 11.0 Å². The van der Waals surface area contributed by atoms with E-state index in [4.69, 9.17) is 17.4 Å². The fourth-order valence-electron chi connectivity index (χ4n) is 0. The Bertz CT molecular complexity index is 18.8. The highest BCUT2D eigenvalue weighted by atomic mass is 80.0. The topological polar surface area (TPSA) is 83.4 Å². The lowest BCUT2D eigenvalue weighted by Gasteiger charge is -1.69. The molecule has 6 heavy (non-hydrogen) atoms. The molecule has 0 bridgehead atoms. The molecular formula is CH3BrO4. The van der Waals surface area contributed by atoms with E-state index in [0.717, 1.165) is 0 Å². The quantitative estimate of drug-likeness (QED) is 0.405. The largest absolute Gasteiger partial charge is 0.433 e. The van der Waals surface area contributed by atoms with Gasteiger partial charge in [-0.2, -0.15) is 0 Å². The Hall–Kier alpha value is 0.0300. The summed E-state index contributed by atoms with van der Waals surface area (Å²) >= 11 is -3.40. The van der Waals surface area contributed by atoms with Crippen LogP contribution in [0.25, 0.3) is 0 Å². The summed E-state index contributed by atoms with van der Waals surface area (Å²) in [6, 6.07) is 0. The van der Waals surface area contributed by atoms with Crippen molar-refractivity contribution in [2.45, 2.75) is 0 Å². The third-order valence-corrected chi connectivity index (χ3v) is 0. The van der Waals surface area contributed by atoms with Gasteiger partial charge in [-0.05, 0) is 4.20 Å². The highest BCUT2D eigenvalue weighted by Gasteiger charge is 1.86. The first kappa shape index (κ1) is 9.39. The predicted octanol–water partition coefficient (Wildman–Crippen LogP) is -3.12. The van der Waals surface area contributed by atoms with Crippen molar-refractivity contribution in [3.8, 4) is 0 Å². The molecule has 0 amide bonds. The van der Waals surface area contributed by atoms with E-state index in [-0.39, 0.29) is 0 Å². The molecule has 0 aromatic heterocycles. The van der Waals surface area contributed by atoms with Gasteiger partial charge in [-0.3, -0.25) is 0 Å². The molecule has 5 heteroatoms. The van der Waals surface area contributed by atoms with E-state index < -0.39 is 14.8 Å².